The van der Waals surface area contributed by atoms with Crippen molar-refractivity contribution in [3.63, 3.8) is 0 Å². The van der Waals surface area contributed by atoms with E-state index < -0.39 is 27.8 Å². The SMILES string of the molecule is CCOC(=O)c1ccc(N2NC(=O)/C(=C\c3cccn3-c3ccc(S(N)(=O)=O)cc3)C2=O)cc1. The number of hydrogen-bond donors (Lipinski definition) is 2. The van der Waals surface area contributed by atoms with E-state index in [0.717, 1.165) is 5.01 Å². The number of ether oxygens (including phenoxy) is 1. The van der Waals surface area contributed by atoms with Gasteiger partial charge in [-0.3, -0.25) is 15.0 Å². The molecule has 3 N–H and O–H groups in total. The number of rotatable bonds is 6. The number of sulfonamides is 1. The molecule has 34 heavy (non-hydrogen) atoms. The number of carbonyl (C=O) groups excluding carboxylic acids is 3. The molecule has 1 aliphatic rings. The van der Waals surface area contributed by atoms with E-state index in [4.69, 9.17) is 9.88 Å². The van der Waals surface area contributed by atoms with Crippen LogP contribution in [-0.4, -0.2) is 37.4 Å². The fourth-order valence-corrected chi connectivity index (χ4v) is 3.91. The molecule has 10 nitrogen and oxygen atoms in total. The predicted molar refractivity (Wildman–Crippen MR) is 123 cm³/mol. The van der Waals surface area contributed by atoms with E-state index in [1.807, 2.05) is 0 Å². The van der Waals surface area contributed by atoms with Gasteiger partial charge >= 0.3 is 5.97 Å². The van der Waals surface area contributed by atoms with Crippen molar-refractivity contribution in [2.24, 2.45) is 5.14 Å². The van der Waals surface area contributed by atoms with Crippen molar-refractivity contribution in [3.8, 4) is 5.69 Å². The lowest BCUT2D eigenvalue weighted by molar-refractivity contribution is -0.117. The molecule has 0 radical (unpaired) electrons. The Morgan fingerprint density at radius 2 is 1.68 bits per heavy atom. The first-order valence-corrected chi connectivity index (χ1v) is 11.7. The fourth-order valence-electron chi connectivity index (χ4n) is 3.39. The van der Waals surface area contributed by atoms with E-state index in [2.05, 4.69) is 5.43 Å². The molecule has 2 amide bonds. The number of amides is 2. The smallest absolute Gasteiger partial charge is 0.338 e. The summed E-state index contributed by atoms with van der Waals surface area (Å²) in [6.45, 7) is 1.95. The predicted octanol–water partition coefficient (Wildman–Crippen LogP) is 1.76. The highest BCUT2D eigenvalue weighted by molar-refractivity contribution is 7.89. The van der Waals surface area contributed by atoms with Gasteiger partial charge in [0.1, 0.15) is 5.57 Å². The van der Waals surface area contributed by atoms with Crippen molar-refractivity contribution in [2.45, 2.75) is 11.8 Å². The Labute approximate surface area is 195 Å². The number of benzene rings is 2. The molecule has 0 saturated carbocycles. The number of esters is 1. The molecule has 3 aromatic rings. The van der Waals surface area contributed by atoms with Crippen molar-refractivity contribution in [3.05, 3.63) is 83.7 Å². The van der Waals surface area contributed by atoms with Crippen LogP contribution in [0.25, 0.3) is 11.8 Å². The molecule has 0 spiro atoms. The molecule has 1 aromatic heterocycles. The number of anilines is 1. The average Bonchev–Trinajstić information content (AvgIpc) is 3.39. The van der Waals surface area contributed by atoms with Crippen molar-refractivity contribution in [1.82, 2.24) is 9.99 Å². The first-order chi connectivity index (χ1) is 16.2. The third-order valence-electron chi connectivity index (χ3n) is 5.04. The van der Waals surface area contributed by atoms with Gasteiger partial charge in [0.2, 0.25) is 10.0 Å². The fraction of sp³-hybridized carbons (Fsp3) is 0.0870. The van der Waals surface area contributed by atoms with Gasteiger partial charge in [-0.15, -0.1) is 0 Å². The van der Waals surface area contributed by atoms with Crippen LogP contribution in [0.5, 0.6) is 0 Å². The minimum Gasteiger partial charge on any atom is -0.462 e. The molecule has 2 aromatic carbocycles. The van der Waals surface area contributed by atoms with Crippen LogP contribution >= 0.6 is 0 Å². The molecule has 2 heterocycles. The Morgan fingerprint density at radius 1 is 1.03 bits per heavy atom. The van der Waals surface area contributed by atoms with E-state index in [1.54, 1.807) is 42.0 Å². The van der Waals surface area contributed by atoms with E-state index in [9.17, 15) is 22.8 Å². The Kier molecular flexibility index (Phi) is 6.05. The van der Waals surface area contributed by atoms with E-state index in [0.29, 0.717) is 22.6 Å². The molecule has 0 aliphatic carbocycles. The normalized spacial score (nSPS) is 15.0. The summed E-state index contributed by atoms with van der Waals surface area (Å²) in [7, 11) is -3.82. The first kappa shape index (κ1) is 23.0. The number of aromatic nitrogens is 1. The lowest BCUT2D eigenvalue weighted by Crippen LogP contribution is -2.35. The number of nitrogens with one attached hydrogen (secondary N) is 1. The lowest BCUT2D eigenvalue weighted by atomic mass is 10.2. The lowest BCUT2D eigenvalue weighted by Gasteiger charge is -2.14. The second-order valence-electron chi connectivity index (χ2n) is 7.25. The molecule has 0 bridgehead atoms. The van der Waals surface area contributed by atoms with Gasteiger partial charge in [0, 0.05) is 17.6 Å². The van der Waals surface area contributed by atoms with E-state index >= 15 is 0 Å². The Bertz CT molecular complexity index is 1410. The number of hydrogen-bond acceptors (Lipinski definition) is 6. The van der Waals surface area contributed by atoms with Crippen molar-refractivity contribution < 1.29 is 27.5 Å². The molecule has 1 aliphatic heterocycles. The van der Waals surface area contributed by atoms with Crippen molar-refractivity contribution in [1.29, 1.82) is 0 Å². The summed E-state index contributed by atoms with van der Waals surface area (Å²) in [6, 6.07) is 15.4. The molecule has 4 rings (SSSR count). The Morgan fingerprint density at radius 3 is 2.29 bits per heavy atom. The molecule has 0 unspecified atom stereocenters. The quantitative estimate of drug-likeness (QED) is 0.313. The second-order valence-corrected chi connectivity index (χ2v) is 8.81. The minimum atomic E-state index is -3.82. The highest BCUT2D eigenvalue weighted by atomic mass is 32.2. The van der Waals surface area contributed by atoms with Gasteiger partial charge in [-0.25, -0.2) is 23.4 Å². The Hall–Kier alpha value is -4.22. The molecular formula is C23H20N4O6S. The molecule has 0 atom stereocenters. The van der Waals surface area contributed by atoms with Crippen LogP contribution in [0.3, 0.4) is 0 Å². The summed E-state index contributed by atoms with van der Waals surface area (Å²) in [6.07, 6.45) is 3.15. The van der Waals surface area contributed by atoms with Crippen LogP contribution in [-0.2, 0) is 24.3 Å². The maximum absolute atomic E-state index is 13.0. The zero-order valence-electron chi connectivity index (χ0n) is 18.0. The summed E-state index contributed by atoms with van der Waals surface area (Å²) in [5, 5.41) is 6.23. The zero-order valence-corrected chi connectivity index (χ0v) is 18.8. The van der Waals surface area contributed by atoms with Crippen LogP contribution in [0.4, 0.5) is 5.69 Å². The number of primary sulfonamides is 1. The third-order valence-corrected chi connectivity index (χ3v) is 5.97. The third kappa shape index (κ3) is 4.47. The highest BCUT2D eigenvalue weighted by Gasteiger charge is 2.34. The van der Waals surface area contributed by atoms with Crippen LogP contribution in [0.15, 0.2) is 77.3 Å². The Balaban J connectivity index is 1.60. The number of nitrogens with two attached hydrogens (primary N) is 1. The van der Waals surface area contributed by atoms with E-state index in [-0.39, 0.29) is 17.1 Å². The van der Waals surface area contributed by atoms with Crippen LogP contribution in [0.2, 0.25) is 0 Å². The standard InChI is InChI=1S/C23H20N4O6S/c1-2-33-23(30)15-5-7-17(8-6-15)27-22(29)20(21(28)25-27)14-18-4-3-13-26(18)16-9-11-19(12-10-16)34(24,31)32/h3-14H,2H2,1H3,(H,25,28)(H2,24,31,32)/b20-14+. The van der Waals surface area contributed by atoms with Gasteiger partial charge in [0.15, 0.2) is 0 Å². The topological polar surface area (TPSA) is 141 Å². The molecule has 174 valence electrons. The largest absolute Gasteiger partial charge is 0.462 e. The monoisotopic (exact) mass is 480 g/mol. The molecule has 1 fully saturated rings. The molecule has 11 heteroatoms. The van der Waals surface area contributed by atoms with Gasteiger partial charge in [-0.1, -0.05) is 0 Å². The van der Waals surface area contributed by atoms with Gasteiger partial charge in [0.05, 0.1) is 22.8 Å². The maximum Gasteiger partial charge on any atom is 0.338 e. The molecule has 1 saturated heterocycles. The van der Waals surface area contributed by atoms with Crippen LogP contribution in [0, 0.1) is 0 Å². The second kappa shape index (κ2) is 8.96. The zero-order chi connectivity index (χ0) is 24.5. The van der Waals surface area contributed by atoms with Gasteiger partial charge < -0.3 is 9.30 Å². The number of hydrazine groups is 1. The summed E-state index contributed by atoms with van der Waals surface area (Å²) < 4.78 is 29.6. The summed E-state index contributed by atoms with van der Waals surface area (Å²) in [4.78, 5) is 37.3. The van der Waals surface area contributed by atoms with Crippen LogP contribution in [0.1, 0.15) is 23.0 Å². The average molecular weight is 481 g/mol. The van der Waals surface area contributed by atoms with Gasteiger partial charge in [-0.05, 0) is 73.7 Å². The van der Waals surface area contributed by atoms with E-state index in [1.165, 1.54) is 42.5 Å². The highest BCUT2D eigenvalue weighted by Crippen LogP contribution is 2.24. The molecular weight excluding hydrogens is 460 g/mol. The van der Waals surface area contributed by atoms with Crippen molar-refractivity contribution >= 4 is 39.6 Å². The first-order valence-electron chi connectivity index (χ1n) is 10.1. The van der Waals surface area contributed by atoms with Gasteiger partial charge in [0.25, 0.3) is 11.8 Å². The maximum atomic E-state index is 13.0. The summed E-state index contributed by atoms with van der Waals surface area (Å²) in [5.41, 5.74) is 4.27. The summed E-state index contributed by atoms with van der Waals surface area (Å²) >= 11 is 0. The van der Waals surface area contributed by atoms with Gasteiger partial charge in [-0.2, -0.15) is 0 Å². The number of nitrogens with zero attached hydrogens (tertiary/aromatic N) is 2. The minimum absolute atomic E-state index is 0.0294. The van der Waals surface area contributed by atoms with Crippen LogP contribution < -0.4 is 15.6 Å². The van der Waals surface area contributed by atoms with Crippen molar-refractivity contribution in [2.75, 3.05) is 11.6 Å². The number of carbonyl (C=O) groups is 3. The summed E-state index contributed by atoms with van der Waals surface area (Å²) in [5.74, 6) is -1.63.